The number of likely N-dealkylation sites (N-methyl/N-ethyl adjacent to an activating group) is 1. The van der Waals surface area contributed by atoms with E-state index in [0.717, 1.165) is 36.8 Å². The SMILES string of the molecule is CCCn1cc(CCN(C)C)c2c(OC)cc(F)cc21.Cl. The van der Waals surface area contributed by atoms with Crippen molar-refractivity contribution in [3.63, 3.8) is 0 Å². The maximum atomic E-state index is 13.7. The summed E-state index contributed by atoms with van der Waals surface area (Å²) in [5.74, 6) is 0.382. The molecule has 3 nitrogen and oxygen atoms in total. The molecule has 0 aliphatic rings. The van der Waals surface area contributed by atoms with E-state index >= 15 is 0 Å². The van der Waals surface area contributed by atoms with Crippen molar-refractivity contribution in [1.82, 2.24) is 9.47 Å². The summed E-state index contributed by atoms with van der Waals surface area (Å²) in [6.45, 7) is 3.98. The molecule has 0 amide bonds. The highest BCUT2D eigenvalue weighted by atomic mass is 35.5. The van der Waals surface area contributed by atoms with Crippen molar-refractivity contribution < 1.29 is 9.13 Å². The van der Waals surface area contributed by atoms with E-state index in [0.29, 0.717) is 5.75 Å². The minimum absolute atomic E-state index is 0. The van der Waals surface area contributed by atoms with Crippen LogP contribution in [0.2, 0.25) is 0 Å². The molecule has 0 unspecified atom stereocenters. The van der Waals surface area contributed by atoms with Crippen LogP contribution in [0, 0.1) is 5.82 Å². The summed E-state index contributed by atoms with van der Waals surface area (Å²) in [6, 6.07) is 3.07. The lowest BCUT2D eigenvalue weighted by molar-refractivity contribution is 0.410. The van der Waals surface area contributed by atoms with Crippen LogP contribution in [0.25, 0.3) is 10.9 Å². The van der Waals surface area contributed by atoms with Gasteiger partial charge < -0.3 is 14.2 Å². The van der Waals surface area contributed by atoms with E-state index in [9.17, 15) is 4.39 Å². The number of benzene rings is 1. The van der Waals surface area contributed by atoms with E-state index in [4.69, 9.17) is 4.74 Å². The zero-order valence-electron chi connectivity index (χ0n) is 13.1. The molecule has 0 saturated carbocycles. The van der Waals surface area contributed by atoms with Crippen molar-refractivity contribution in [3.05, 3.63) is 29.7 Å². The number of ether oxygens (including phenoxy) is 1. The lowest BCUT2D eigenvalue weighted by atomic mass is 10.1. The molecule has 2 aromatic rings. The van der Waals surface area contributed by atoms with Gasteiger partial charge in [0.1, 0.15) is 11.6 Å². The molecule has 0 aliphatic heterocycles. The lowest BCUT2D eigenvalue weighted by Gasteiger charge is -2.09. The molecule has 5 heteroatoms. The normalized spacial score (nSPS) is 11.0. The smallest absolute Gasteiger partial charge is 0.131 e. The Morgan fingerprint density at radius 1 is 1.29 bits per heavy atom. The molecule has 21 heavy (non-hydrogen) atoms. The van der Waals surface area contributed by atoms with Crippen molar-refractivity contribution >= 4 is 23.3 Å². The molecular formula is C16H24ClFN2O. The van der Waals surface area contributed by atoms with Crippen LogP contribution in [0.15, 0.2) is 18.3 Å². The number of rotatable bonds is 6. The van der Waals surface area contributed by atoms with Gasteiger partial charge in [0.15, 0.2) is 0 Å². The highest BCUT2D eigenvalue weighted by Crippen LogP contribution is 2.32. The molecular weight excluding hydrogens is 291 g/mol. The predicted molar refractivity (Wildman–Crippen MR) is 88.2 cm³/mol. The molecule has 0 N–H and O–H groups in total. The summed E-state index contributed by atoms with van der Waals surface area (Å²) in [5, 5.41) is 1.05. The average Bonchev–Trinajstić information content (AvgIpc) is 2.74. The van der Waals surface area contributed by atoms with Gasteiger partial charge in [-0.05, 0) is 38.6 Å². The third-order valence-corrected chi connectivity index (χ3v) is 3.50. The Hall–Kier alpha value is -1.26. The van der Waals surface area contributed by atoms with E-state index in [2.05, 4.69) is 36.7 Å². The Balaban J connectivity index is 0.00000220. The fraction of sp³-hybridized carbons (Fsp3) is 0.500. The Morgan fingerprint density at radius 2 is 2.00 bits per heavy atom. The third-order valence-electron chi connectivity index (χ3n) is 3.50. The van der Waals surface area contributed by atoms with Crippen molar-refractivity contribution in [1.29, 1.82) is 0 Å². The van der Waals surface area contributed by atoms with E-state index in [1.807, 2.05) is 0 Å². The van der Waals surface area contributed by atoms with Gasteiger partial charge in [-0.1, -0.05) is 6.92 Å². The first-order chi connectivity index (χ1) is 9.56. The van der Waals surface area contributed by atoms with Gasteiger partial charge in [-0.15, -0.1) is 12.4 Å². The zero-order valence-corrected chi connectivity index (χ0v) is 14.0. The Morgan fingerprint density at radius 3 is 2.57 bits per heavy atom. The van der Waals surface area contributed by atoms with Crippen LogP contribution in [0.3, 0.4) is 0 Å². The van der Waals surface area contributed by atoms with E-state index in [1.165, 1.54) is 11.6 Å². The van der Waals surface area contributed by atoms with Crippen LogP contribution >= 0.6 is 12.4 Å². The van der Waals surface area contributed by atoms with E-state index in [-0.39, 0.29) is 18.2 Å². The number of fused-ring (bicyclic) bond motifs is 1. The third kappa shape index (κ3) is 3.89. The number of aromatic nitrogens is 1. The van der Waals surface area contributed by atoms with Gasteiger partial charge in [-0.2, -0.15) is 0 Å². The zero-order chi connectivity index (χ0) is 14.7. The van der Waals surface area contributed by atoms with Gasteiger partial charge in [-0.25, -0.2) is 4.39 Å². The second-order valence-corrected chi connectivity index (χ2v) is 5.40. The van der Waals surface area contributed by atoms with Crippen molar-refractivity contribution in [2.45, 2.75) is 26.3 Å². The molecule has 118 valence electrons. The van der Waals surface area contributed by atoms with Crippen molar-refractivity contribution in [2.24, 2.45) is 0 Å². The first-order valence-corrected chi connectivity index (χ1v) is 7.06. The first-order valence-electron chi connectivity index (χ1n) is 7.06. The van der Waals surface area contributed by atoms with Gasteiger partial charge in [0.05, 0.1) is 12.6 Å². The fourth-order valence-electron chi connectivity index (χ4n) is 2.56. The van der Waals surface area contributed by atoms with Gasteiger partial charge >= 0.3 is 0 Å². The van der Waals surface area contributed by atoms with Crippen LogP contribution in [0.1, 0.15) is 18.9 Å². The number of nitrogens with zero attached hydrogens (tertiary/aromatic N) is 2. The Labute approximate surface area is 132 Å². The fourth-order valence-corrected chi connectivity index (χ4v) is 2.56. The molecule has 0 bridgehead atoms. The molecule has 0 spiro atoms. The molecule has 0 radical (unpaired) electrons. The molecule has 1 heterocycles. The van der Waals surface area contributed by atoms with Gasteiger partial charge in [0, 0.05) is 30.7 Å². The van der Waals surface area contributed by atoms with Crippen molar-refractivity contribution in [2.75, 3.05) is 27.7 Å². The largest absolute Gasteiger partial charge is 0.496 e. The summed E-state index contributed by atoms with van der Waals surface area (Å²) in [6.07, 6.45) is 4.09. The summed E-state index contributed by atoms with van der Waals surface area (Å²) in [5.41, 5.74) is 2.15. The molecule has 2 rings (SSSR count). The second kappa shape index (κ2) is 7.66. The summed E-state index contributed by atoms with van der Waals surface area (Å²) in [4.78, 5) is 2.15. The Bertz CT molecular complexity index is 595. The monoisotopic (exact) mass is 314 g/mol. The topological polar surface area (TPSA) is 17.4 Å². The lowest BCUT2D eigenvalue weighted by Crippen LogP contribution is -2.14. The van der Waals surface area contributed by atoms with Crippen LogP contribution in [-0.4, -0.2) is 37.2 Å². The number of methoxy groups -OCH3 is 1. The van der Waals surface area contributed by atoms with Gasteiger partial charge in [-0.3, -0.25) is 0 Å². The Kier molecular flexibility index (Phi) is 6.49. The summed E-state index contributed by atoms with van der Waals surface area (Å²) >= 11 is 0. The van der Waals surface area contributed by atoms with Crippen LogP contribution in [-0.2, 0) is 13.0 Å². The summed E-state index contributed by atoms with van der Waals surface area (Å²) < 4.78 is 21.2. The molecule has 0 fully saturated rings. The average molecular weight is 315 g/mol. The minimum atomic E-state index is -0.246. The van der Waals surface area contributed by atoms with Crippen molar-refractivity contribution in [3.8, 4) is 5.75 Å². The predicted octanol–water partition coefficient (Wildman–Crippen LogP) is 3.72. The minimum Gasteiger partial charge on any atom is -0.496 e. The maximum Gasteiger partial charge on any atom is 0.131 e. The highest BCUT2D eigenvalue weighted by Gasteiger charge is 2.14. The van der Waals surface area contributed by atoms with Crippen LogP contribution in [0.5, 0.6) is 5.75 Å². The number of hydrogen-bond donors (Lipinski definition) is 0. The van der Waals surface area contributed by atoms with Crippen LogP contribution < -0.4 is 4.74 Å². The number of hydrogen-bond acceptors (Lipinski definition) is 2. The van der Waals surface area contributed by atoms with Gasteiger partial charge in [0.2, 0.25) is 0 Å². The molecule has 1 aromatic carbocycles. The molecule has 0 atom stereocenters. The maximum absolute atomic E-state index is 13.7. The molecule has 1 aromatic heterocycles. The highest BCUT2D eigenvalue weighted by molar-refractivity contribution is 5.90. The van der Waals surface area contributed by atoms with E-state index < -0.39 is 0 Å². The quantitative estimate of drug-likeness (QED) is 0.808. The summed E-state index contributed by atoms with van der Waals surface area (Å²) in [7, 11) is 5.71. The van der Waals surface area contributed by atoms with E-state index in [1.54, 1.807) is 13.2 Å². The standard InChI is InChI=1S/C16H23FN2O.ClH/c1-5-7-19-11-12(6-8-18(2)3)16-14(19)9-13(17)10-15(16)20-4;/h9-11H,5-8H2,1-4H3;1H. The molecule has 0 saturated heterocycles. The van der Waals surface area contributed by atoms with Gasteiger partial charge in [0.25, 0.3) is 0 Å². The number of aryl methyl sites for hydroxylation is 1. The number of halogens is 2. The van der Waals surface area contributed by atoms with Crippen LogP contribution in [0.4, 0.5) is 4.39 Å². The molecule has 0 aliphatic carbocycles. The first kappa shape index (κ1) is 17.8. The second-order valence-electron chi connectivity index (χ2n) is 5.40.